The number of hydrogen-bond acceptors (Lipinski definition) is 2. The van der Waals surface area contributed by atoms with Crippen LogP contribution in [0.25, 0.3) is 10.9 Å². The summed E-state index contributed by atoms with van der Waals surface area (Å²) >= 11 is 0. The second kappa shape index (κ2) is 4.32. The molecule has 1 heterocycles. The van der Waals surface area contributed by atoms with E-state index >= 15 is 0 Å². The van der Waals surface area contributed by atoms with Gasteiger partial charge in [-0.1, -0.05) is 18.9 Å². The third kappa shape index (κ3) is 1.54. The summed E-state index contributed by atoms with van der Waals surface area (Å²) in [5.41, 5.74) is 8.72. The van der Waals surface area contributed by atoms with Gasteiger partial charge >= 0.3 is 0 Å². The molecule has 1 aliphatic rings. The molecule has 0 amide bonds. The first-order valence-corrected chi connectivity index (χ1v) is 6.65. The topological polar surface area (TPSA) is 51.0 Å². The van der Waals surface area contributed by atoms with Crippen molar-refractivity contribution in [1.82, 2.24) is 4.98 Å². The van der Waals surface area contributed by atoms with Gasteiger partial charge in [0.05, 0.1) is 7.11 Å². The molecule has 1 saturated carbocycles. The van der Waals surface area contributed by atoms with Gasteiger partial charge in [0.25, 0.3) is 0 Å². The van der Waals surface area contributed by atoms with Crippen LogP contribution in [-0.4, -0.2) is 18.6 Å². The van der Waals surface area contributed by atoms with Crippen LogP contribution in [0.3, 0.4) is 0 Å². The van der Waals surface area contributed by atoms with E-state index in [-0.39, 0.29) is 5.41 Å². The van der Waals surface area contributed by atoms with E-state index in [2.05, 4.69) is 17.2 Å². The minimum absolute atomic E-state index is 0.146. The molecule has 2 aromatic rings. The molecule has 96 valence electrons. The maximum atomic E-state index is 6.09. The molecular weight excluding hydrogens is 224 g/mol. The zero-order valence-corrected chi connectivity index (χ0v) is 10.8. The zero-order valence-electron chi connectivity index (χ0n) is 10.8. The van der Waals surface area contributed by atoms with Crippen molar-refractivity contribution in [2.24, 2.45) is 5.73 Å². The molecule has 0 unspecified atom stereocenters. The molecule has 0 radical (unpaired) electrons. The van der Waals surface area contributed by atoms with Crippen molar-refractivity contribution >= 4 is 10.9 Å². The maximum absolute atomic E-state index is 6.09. The van der Waals surface area contributed by atoms with Gasteiger partial charge in [0.2, 0.25) is 0 Å². The van der Waals surface area contributed by atoms with E-state index in [9.17, 15) is 0 Å². The van der Waals surface area contributed by atoms with E-state index in [1.54, 1.807) is 7.11 Å². The van der Waals surface area contributed by atoms with Crippen molar-refractivity contribution in [2.75, 3.05) is 13.7 Å². The molecule has 0 spiro atoms. The number of aromatic amines is 1. The highest BCUT2D eigenvalue weighted by Crippen LogP contribution is 2.45. The Bertz CT molecular complexity index is 553. The van der Waals surface area contributed by atoms with Gasteiger partial charge in [-0.15, -0.1) is 0 Å². The van der Waals surface area contributed by atoms with Crippen molar-refractivity contribution in [3.63, 3.8) is 0 Å². The van der Waals surface area contributed by atoms with Gasteiger partial charge in [-0.3, -0.25) is 0 Å². The maximum Gasteiger partial charge on any atom is 0.128 e. The summed E-state index contributed by atoms with van der Waals surface area (Å²) in [4.78, 5) is 3.36. The van der Waals surface area contributed by atoms with Gasteiger partial charge in [0.15, 0.2) is 0 Å². The van der Waals surface area contributed by atoms with E-state index in [1.165, 1.54) is 36.6 Å². The lowest BCUT2D eigenvalue weighted by molar-refractivity contribution is 0.416. The number of hydrogen-bond donors (Lipinski definition) is 2. The number of aromatic nitrogens is 1. The van der Waals surface area contributed by atoms with E-state index < -0.39 is 0 Å². The second-order valence-electron chi connectivity index (χ2n) is 5.28. The largest absolute Gasteiger partial charge is 0.496 e. The van der Waals surface area contributed by atoms with Crippen LogP contribution in [0.2, 0.25) is 0 Å². The lowest BCUT2D eigenvalue weighted by Crippen LogP contribution is -2.31. The summed E-state index contributed by atoms with van der Waals surface area (Å²) in [5.74, 6) is 0.948. The summed E-state index contributed by atoms with van der Waals surface area (Å²) in [6.07, 6.45) is 7.06. The molecule has 3 rings (SSSR count). The Labute approximate surface area is 107 Å². The van der Waals surface area contributed by atoms with Crippen LogP contribution < -0.4 is 10.5 Å². The van der Waals surface area contributed by atoms with E-state index in [4.69, 9.17) is 10.5 Å². The summed E-state index contributed by atoms with van der Waals surface area (Å²) in [5, 5.41) is 1.22. The van der Waals surface area contributed by atoms with Crippen LogP contribution >= 0.6 is 0 Å². The molecular formula is C15H20N2O. The highest BCUT2D eigenvalue weighted by atomic mass is 16.5. The Balaban J connectivity index is 2.22. The van der Waals surface area contributed by atoms with Crippen LogP contribution in [0, 0.1) is 0 Å². The third-order valence-electron chi connectivity index (χ3n) is 4.41. The highest BCUT2D eigenvalue weighted by Gasteiger charge is 2.36. The Kier molecular flexibility index (Phi) is 2.78. The Morgan fingerprint density at radius 1 is 1.33 bits per heavy atom. The number of ether oxygens (including phenoxy) is 1. The molecule has 0 aliphatic heterocycles. The van der Waals surface area contributed by atoms with Crippen LogP contribution in [0.4, 0.5) is 0 Å². The van der Waals surface area contributed by atoms with Crippen LogP contribution in [-0.2, 0) is 5.41 Å². The number of H-pyrrole nitrogens is 1. The smallest absolute Gasteiger partial charge is 0.128 e. The fourth-order valence-corrected chi connectivity index (χ4v) is 3.37. The van der Waals surface area contributed by atoms with Gasteiger partial charge in [-0.25, -0.2) is 0 Å². The molecule has 1 aromatic carbocycles. The van der Waals surface area contributed by atoms with Crippen LogP contribution in [0.5, 0.6) is 5.75 Å². The quantitative estimate of drug-likeness (QED) is 0.872. The molecule has 18 heavy (non-hydrogen) atoms. The fourth-order valence-electron chi connectivity index (χ4n) is 3.37. The Morgan fingerprint density at radius 2 is 2.11 bits per heavy atom. The first kappa shape index (κ1) is 11.6. The van der Waals surface area contributed by atoms with Crippen molar-refractivity contribution in [3.8, 4) is 5.75 Å². The van der Waals surface area contributed by atoms with Crippen molar-refractivity contribution in [2.45, 2.75) is 31.1 Å². The number of nitrogens with two attached hydrogens (primary N) is 1. The molecule has 0 atom stereocenters. The number of methoxy groups -OCH3 is 1. The van der Waals surface area contributed by atoms with Crippen molar-refractivity contribution in [3.05, 3.63) is 30.0 Å². The fraction of sp³-hybridized carbons (Fsp3) is 0.467. The lowest BCUT2D eigenvalue weighted by atomic mass is 9.79. The van der Waals surface area contributed by atoms with Gasteiger partial charge in [0.1, 0.15) is 5.75 Å². The van der Waals surface area contributed by atoms with Crippen LogP contribution in [0.15, 0.2) is 24.4 Å². The molecule has 3 N–H and O–H groups in total. The first-order chi connectivity index (χ1) is 8.80. The first-order valence-electron chi connectivity index (χ1n) is 6.65. The predicted molar refractivity (Wildman–Crippen MR) is 74.1 cm³/mol. The minimum Gasteiger partial charge on any atom is -0.496 e. The lowest BCUT2D eigenvalue weighted by Gasteiger charge is -2.27. The number of fused-ring (bicyclic) bond motifs is 1. The number of benzene rings is 1. The molecule has 1 aliphatic carbocycles. The molecule has 0 bridgehead atoms. The Hall–Kier alpha value is -1.48. The van der Waals surface area contributed by atoms with Gasteiger partial charge in [0, 0.05) is 29.1 Å². The average molecular weight is 244 g/mol. The van der Waals surface area contributed by atoms with Crippen molar-refractivity contribution < 1.29 is 4.74 Å². The van der Waals surface area contributed by atoms with Crippen molar-refractivity contribution in [1.29, 1.82) is 0 Å². The minimum atomic E-state index is 0.146. The molecule has 1 fully saturated rings. The SMILES string of the molecule is COc1cccc2[nH]cc(C3(CN)CCCC3)c12. The molecule has 3 nitrogen and oxygen atoms in total. The zero-order chi connectivity index (χ0) is 12.6. The predicted octanol–water partition coefficient (Wildman–Crippen LogP) is 2.95. The molecule has 3 heteroatoms. The Morgan fingerprint density at radius 3 is 2.78 bits per heavy atom. The second-order valence-corrected chi connectivity index (χ2v) is 5.28. The molecule has 0 saturated heterocycles. The molecule has 1 aromatic heterocycles. The van der Waals surface area contributed by atoms with E-state index in [0.717, 1.165) is 17.8 Å². The van der Waals surface area contributed by atoms with Gasteiger partial charge in [-0.05, 0) is 30.5 Å². The monoisotopic (exact) mass is 244 g/mol. The summed E-state index contributed by atoms with van der Waals surface area (Å²) in [6, 6.07) is 6.14. The average Bonchev–Trinajstić information content (AvgIpc) is 3.05. The normalized spacial score (nSPS) is 18.3. The van der Waals surface area contributed by atoms with Gasteiger partial charge in [-0.2, -0.15) is 0 Å². The summed E-state index contributed by atoms with van der Waals surface area (Å²) < 4.78 is 5.51. The number of nitrogens with one attached hydrogen (secondary N) is 1. The number of rotatable bonds is 3. The third-order valence-corrected chi connectivity index (χ3v) is 4.41. The van der Waals surface area contributed by atoms with E-state index in [0.29, 0.717) is 0 Å². The van der Waals surface area contributed by atoms with Gasteiger partial charge < -0.3 is 15.5 Å². The summed E-state index contributed by atoms with van der Waals surface area (Å²) in [6.45, 7) is 0.720. The van der Waals surface area contributed by atoms with E-state index in [1.807, 2.05) is 12.1 Å². The summed E-state index contributed by atoms with van der Waals surface area (Å²) in [7, 11) is 1.73. The standard InChI is InChI=1S/C15H20N2O/c1-18-13-6-4-5-12-14(13)11(9-17-12)15(10-16)7-2-3-8-15/h4-6,9,17H,2-3,7-8,10,16H2,1H3. The van der Waals surface area contributed by atoms with Crippen LogP contribution in [0.1, 0.15) is 31.2 Å². The highest BCUT2D eigenvalue weighted by molar-refractivity contribution is 5.90.